The van der Waals surface area contributed by atoms with E-state index in [1.165, 1.54) is 29.4 Å². The van der Waals surface area contributed by atoms with Gasteiger partial charge in [-0.2, -0.15) is 0 Å². The molecule has 0 aromatic carbocycles. The van der Waals surface area contributed by atoms with Gasteiger partial charge in [0.05, 0.1) is 11.3 Å². The van der Waals surface area contributed by atoms with Crippen molar-refractivity contribution in [1.82, 2.24) is 24.5 Å². The van der Waals surface area contributed by atoms with Crippen LogP contribution in [0.4, 0.5) is 5.69 Å². The molecule has 3 rings (SSSR count). The molecule has 3 aromatic heterocycles. The maximum absolute atomic E-state index is 11.5. The van der Waals surface area contributed by atoms with Crippen LogP contribution < -0.4 is 5.56 Å². The molecular weight excluding hydrogens is 252 g/mol. The summed E-state index contributed by atoms with van der Waals surface area (Å²) in [4.78, 5) is 35.8. The molecule has 19 heavy (non-hydrogen) atoms. The molecule has 0 atom stereocenters. The van der Waals surface area contributed by atoms with E-state index >= 15 is 0 Å². The van der Waals surface area contributed by atoms with Gasteiger partial charge in [0.2, 0.25) is 0 Å². The number of nitro groups is 1. The third-order valence-corrected chi connectivity index (χ3v) is 2.53. The van der Waals surface area contributed by atoms with Gasteiger partial charge in [0.15, 0.2) is 11.2 Å². The van der Waals surface area contributed by atoms with E-state index in [1.807, 2.05) is 0 Å². The highest BCUT2D eigenvalue weighted by molar-refractivity contribution is 5.70. The Kier molecular flexibility index (Phi) is 2.31. The Hall–Kier alpha value is -3.10. The third kappa shape index (κ3) is 1.73. The number of imidazole rings is 1. The number of H-pyrrole nitrogens is 1. The van der Waals surface area contributed by atoms with Crippen LogP contribution in [0.5, 0.6) is 0 Å². The summed E-state index contributed by atoms with van der Waals surface area (Å²) >= 11 is 0. The van der Waals surface area contributed by atoms with Gasteiger partial charge < -0.3 is 4.98 Å². The molecule has 9 heteroatoms. The molecule has 0 radical (unpaired) electrons. The van der Waals surface area contributed by atoms with Crippen LogP contribution in [0, 0.1) is 10.1 Å². The first-order valence-electron chi connectivity index (χ1n) is 5.18. The van der Waals surface area contributed by atoms with Crippen molar-refractivity contribution < 1.29 is 4.92 Å². The van der Waals surface area contributed by atoms with E-state index in [0.717, 1.165) is 6.20 Å². The number of pyridine rings is 1. The lowest BCUT2D eigenvalue weighted by Gasteiger charge is -2.01. The van der Waals surface area contributed by atoms with Crippen LogP contribution in [-0.2, 0) is 0 Å². The quantitative estimate of drug-likeness (QED) is 0.525. The zero-order chi connectivity index (χ0) is 13.4. The number of aromatic nitrogens is 5. The van der Waals surface area contributed by atoms with Crippen LogP contribution in [0.1, 0.15) is 0 Å². The van der Waals surface area contributed by atoms with Crippen molar-refractivity contribution in [3.63, 3.8) is 0 Å². The smallest absolute Gasteiger partial charge is 0.287 e. The van der Waals surface area contributed by atoms with Gasteiger partial charge in [-0.25, -0.2) is 15.0 Å². The molecule has 0 fully saturated rings. The molecule has 9 nitrogen and oxygen atoms in total. The van der Waals surface area contributed by atoms with Gasteiger partial charge in [-0.15, -0.1) is 0 Å². The molecule has 94 valence electrons. The molecular formula is C10H6N6O3. The Balaban J connectivity index is 2.17. The number of hydrogen-bond donors (Lipinski definition) is 1. The topological polar surface area (TPSA) is 120 Å². The minimum Gasteiger partial charge on any atom is -0.311 e. The summed E-state index contributed by atoms with van der Waals surface area (Å²) < 4.78 is 1.48. The Morgan fingerprint density at radius 1 is 1.26 bits per heavy atom. The Labute approximate surface area is 104 Å². The number of nitrogens with zero attached hydrogens (tertiary/aromatic N) is 5. The van der Waals surface area contributed by atoms with Crippen molar-refractivity contribution in [1.29, 1.82) is 0 Å². The van der Waals surface area contributed by atoms with Crippen molar-refractivity contribution in [3.8, 4) is 5.82 Å². The van der Waals surface area contributed by atoms with Crippen LogP contribution in [-0.4, -0.2) is 29.4 Å². The predicted octanol–water partition coefficient (Wildman–Crippen LogP) is 0.412. The minimum atomic E-state index is -0.536. The van der Waals surface area contributed by atoms with Crippen molar-refractivity contribution in [3.05, 3.63) is 51.5 Å². The van der Waals surface area contributed by atoms with Gasteiger partial charge in [-0.1, -0.05) is 0 Å². The monoisotopic (exact) mass is 258 g/mol. The van der Waals surface area contributed by atoms with E-state index in [1.54, 1.807) is 0 Å². The molecule has 0 bridgehead atoms. The largest absolute Gasteiger partial charge is 0.311 e. The number of aromatic amines is 1. The maximum Gasteiger partial charge on any atom is 0.287 e. The summed E-state index contributed by atoms with van der Waals surface area (Å²) in [6.45, 7) is 0. The summed E-state index contributed by atoms with van der Waals surface area (Å²) in [5, 5.41) is 10.5. The minimum absolute atomic E-state index is 0.112. The number of hydrogen-bond acceptors (Lipinski definition) is 6. The SMILES string of the molecule is O=c1[nH]cnc2c1ncn2-c1ccc([N+](=O)[O-])cn1. The van der Waals surface area contributed by atoms with E-state index < -0.39 is 4.92 Å². The van der Waals surface area contributed by atoms with Crippen LogP contribution in [0.25, 0.3) is 17.0 Å². The summed E-state index contributed by atoms with van der Waals surface area (Å²) in [6.07, 6.45) is 3.78. The van der Waals surface area contributed by atoms with E-state index in [2.05, 4.69) is 19.9 Å². The molecule has 0 aliphatic heterocycles. The van der Waals surface area contributed by atoms with E-state index in [4.69, 9.17) is 0 Å². The standard InChI is InChI=1S/C10H6N6O3/c17-10-8-9(12-4-13-10)15(5-14-8)7-2-1-6(3-11-7)16(18)19/h1-5H,(H,12,13,17). The Morgan fingerprint density at radius 3 is 2.79 bits per heavy atom. The fraction of sp³-hybridized carbons (Fsp3) is 0. The second-order valence-electron chi connectivity index (χ2n) is 3.65. The summed E-state index contributed by atoms with van der Waals surface area (Å²) in [6, 6.07) is 2.78. The highest BCUT2D eigenvalue weighted by Crippen LogP contribution is 2.14. The summed E-state index contributed by atoms with van der Waals surface area (Å²) in [5.74, 6) is 0.395. The summed E-state index contributed by atoms with van der Waals surface area (Å²) in [7, 11) is 0. The summed E-state index contributed by atoms with van der Waals surface area (Å²) in [5.41, 5.74) is 0.0531. The normalized spacial score (nSPS) is 10.7. The van der Waals surface area contributed by atoms with Gasteiger partial charge in [-0.05, 0) is 6.07 Å². The van der Waals surface area contributed by atoms with E-state index in [-0.39, 0.29) is 16.8 Å². The van der Waals surface area contributed by atoms with Gasteiger partial charge in [-0.3, -0.25) is 19.5 Å². The molecule has 0 unspecified atom stereocenters. The van der Waals surface area contributed by atoms with Gasteiger partial charge in [0.25, 0.3) is 11.2 Å². The lowest BCUT2D eigenvalue weighted by Crippen LogP contribution is -2.07. The van der Waals surface area contributed by atoms with Gasteiger partial charge in [0.1, 0.15) is 18.3 Å². The van der Waals surface area contributed by atoms with Gasteiger partial charge >= 0.3 is 0 Å². The van der Waals surface area contributed by atoms with E-state index in [0.29, 0.717) is 11.5 Å². The van der Waals surface area contributed by atoms with Crippen LogP contribution in [0.15, 0.2) is 35.8 Å². The second-order valence-corrected chi connectivity index (χ2v) is 3.65. The number of nitrogens with one attached hydrogen (secondary N) is 1. The zero-order valence-electron chi connectivity index (χ0n) is 9.35. The van der Waals surface area contributed by atoms with Crippen LogP contribution >= 0.6 is 0 Å². The van der Waals surface area contributed by atoms with E-state index in [9.17, 15) is 14.9 Å². The van der Waals surface area contributed by atoms with Crippen LogP contribution in [0.3, 0.4) is 0 Å². The zero-order valence-corrected chi connectivity index (χ0v) is 9.35. The lowest BCUT2D eigenvalue weighted by atomic mass is 10.4. The lowest BCUT2D eigenvalue weighted by molar-refractivity contribution is -0.385. The third-order valence-electron chi connectivity index (χ3n) is 2.53. The fourth-order valence-electron chi connectivity index (χ4n) is 1.64. The molecule has 0 saturated heterocycles. The van der Waals surface area contributed by atoms with Gasteiger partial charge in [0, 0.05) is 6.07 Å². The Morgan fingerprint density at radius 2 is 2.11 bits per heavy atom. The average molecular weight is 258 g/mol. The first-order chi connectivity index (χ1) is 9.16. The molecule has 0 aliphatic rings. The number of rotatable bonds is 2. The Bertz CT molecular complexity index is 819. The first-order valence-corrected chi connectivity index (χ1v) is 5.18. The van der Waals surface area contributed by atoms with Crippen molar-refractivity contribution in [2.24, 2.45) is 0 Å². The van der Waals surface area contributed by atoms with Crippen LogP contribution in [0.2, 0.25) is 0 Å². The fourth-order valence-corrected chi connectivity index (χ4v) is 1.64. The van der Waals surface area contributed by atoms with Crippen molar-refractivity contribution in [2.75, 3.05) is 0 Å². The average Bonchev–Trinajstić information content (AvgIpc) is 2.84. The maximum atomic E-state index is 11.5. The molecule has 0 aliphatic carbocycles. The molecule has 3 heterocycles. The highest BCUT2D eigenvalue weighted by Gasteiger charge is 2.11. The molecule has 1 N–H and O–H groups in total. The predicted molar refractivity (Wildman–Crippen MR) is 63.9 cm³/mol. The highest BCUT2D eigenvalue weighted by atomic mass is 16.6. The molecule has 0 spiro atoms. The molecule has 0 saturated carbocycles. The first kappa shape index (κ1) is 11.0. The van der Waals surface area contributed by atoms with Crippen molar-refractivity contribution in [2.45, 2.75) is 0 Å². The number of fused-ring (bicyclic) bond motifs is 1. The second kappa shape index (κ2) is 3.98. The molecule has 0 amide bonds. The molecule has 3 aromatic rings. The van der Waals surface area contributed by atoms with Crippen molar-refractivity contribution >= 4 is 16.9 Å².